The van der Waals surface area contributed by atoms with Gasteiger partial charge in [-0.2, -0.15) is 0 Å². The monoisotopic (exact) mass is 240 g/mol. The molecule has 100 valence electrons. The fraction of sp³-hybridized carbons (Fsp3) is 0.800. The molecule has 0 atom stereocenters. The van der Waals surface area contributed by atoms with E-state index >= 15 is 0 Å². The maximum absolute atomic E-state index is 11.8. The topological polar surface area (TPSA) is 26.3 Å². The highest BCUT2D eigenvalue weighted by atomic mass is 16.5. The lowest BCUT2D eigenvalue weighted by atomic mass is 9.93. The van der Waals surface area contributed by atoms with Gasteiger partial charge >= 0.3 is 5.97 Å². The SMILES string of the molecule is CCCCOC(=O)C(C)=C(CCCC)C(C)C. The van der Waals surface area contributed by atoms with Gasteiger partial charge in [0.25, 0.3) is 0 Å². The number of esters is 1. The number of rotatable bonds is 8. The van der Waals surface area contributed by atoms with Crippen LogP contribution in [-0.2, 0) is 9.53 Å². The number of hydrogen-bond acceptors (Lipinski definition) is 2. The molecule has 0 fully saturated rings. The first kappa shape index (κ1) is 16.2. The van der Waals surface area contributed by atoms with E-state index in [1.807, 2.05) is 6.92 Å². The summed E-state index contributed by atoms with van der Waals surface area (Å²) >= 11 is 0. The first-order valence-corrected chi connectivity index (χ1v) is 6.91. The van der Waals surface area contributed by atoms with Crippen molar-refractivity contribution in [2.24, 2.45) is 5.92 Å². The lowest BCUT2D eigenvalue weighted by molar-refractivity contribution is -0.139. The summed E-state index contributed by atoms with van der Waals surface area (Å²) in [5.74, 6) is 0.304. The van der Waals surface area contributed by atoms with E-state index in [0.29, 0.717) is 12.5 Å². The van der Waals surface area contributed by atoms with E-state index in [-0.39, 0.29) is 5.97 Å². The Balaban J connectivity index is 4.51. The van der Waals surface area contributed by atoms with Crippen LogP contribution in [0.4, 0.5) is 0 Å². The quantitative estimate of drug-likeness (QED) is 0.355. The molecule has 2 heteroatoms. The zero-order chi connectivity index (χ0) is 13.3. The second-order valence-corrected chi connectivity index (χ2v) is 4.90. The maximum Gasteiger partial charge on any atom is 0.333 e. The minimum atomic E-state index is -0.127. The Kier molecular flexibility index (Phi) is 8.83. The Hall–Kier alpha value is -0.790. The smallest absolute Gasteiger partial charge is 0.333 e. The van der Waals surface area contributed by atoms with Gasteiger partial charge in [-0.25, -0.2) is 4.79 Å². The highest BCUT2D eigenvalue weighted by Gasteiger charge is 2.14. The van der Waals surface area contributed by atoms with Crippen LogP contribution < -0.4 is 0 Å². The average molecular weight is 240 g/mol. The molecule has 0 amide bonds. The van der Waals surface area contributed by atoms with Crippen molar-refractivity contribution >= 4 is 5.97 Å². The molecule has 0 heterocycles. The van der Waals surface area contributed by atoms with Gasteiger partial charge in [0.15, 0.2) is 0 Å². The molecule has 0 radical (unpaired) electrons. The Morgan fingerprint density at radius 2 is 1.71 bits per heavy atom. The lowest BCUT2D eigenvalue weighted by Gasteiger charge is -2.15. The minimum absolute atomic E-state index is 0.127. The normalized spacial score (nSPS) is 12.6. The molecule has 0 spiro atoms. The van der Waals surface area contributed by atoms with Gasteiger partial charge in [-0.05, 0) is 32.1 Å². The van der Waals surface area contributed by atoms with Crippen LogP contribution in [0.5, 0.6) is 0 Å². The molecule has 0 saturated carbocycles. The predicted molar refractivity (Wildman–Crippen MR) is 72.9 cm³/mol. The van der Waals surface area contributed by atoms with Crippen LogP contribution in [-0.4, -0.2) is 12.6 Å². The van der Waals surface area contributed by atoms with Crippen LogP contribution in [0.2, 0.25) is 0 Å². The molecular formula is C15H28O2. The van der Waals surface area contributed by atoms with Crippen LogP contribution in [0.3, 0.4) is 0 Å². The summed E-state index contributed by atoms with van der Waals surface area (Å²) in [6, 6.07) is 0. The molecule has 2 nitrogen and oxygen atoms in total. The molecule has 0 unspecified atom stereocenters. The van der Waals surface area contributed by atoms with Crippen LogP contribution in [0.1, 0.15) is 66.7 Å². The van der Waals surface area contributed by atoms with E-state index in [4.69, 9.17) is 4.74 Å². The van der Waals surface area contributed by atoms with Crippen molar-refractivity contribution in [3.63, 3.8) is 0 Å². The van der Waals surface area contributed by atoms with Crippen molar-refractivity contribution < 1.29 is 9.53 Å². The van der Waals surface area contributed by atoms with E-state index in [9.17, 15) is 4.79 Å². The molecule has 0 aromatic rings. The van der Waals surface area contributed by atoms with Gasteiger partial charge in [0.1, 0.15) is 0 Å². The van der Waals surface area contributed by atoms with Gasteiger partial charge in [-0.1, -0.05) is 46.1 Å². The van der Waals surface area contributed by atoms with Crippen molar-refractivity contribution in [1.82, 2.24) is 0 Å². The molecular weight excluding hydrogens is 212 g/mol. The standard InChI is InChI=1S/C15H28O2/c1-6-8-10-14(12(3)4)13(5)15(16)17-11-9-7-2/h12H,6-11H2,1-5H3. The van der Waals surface area contributed by atoms with Gasteiger partial charge in [0.2, 0.25) is 0 Å². The second-order valence-electron chi connectivity index (χ2n) is 4.90. The maximum atomic E-state index is 11.8. The Bertz CT molecular complexity index is 252. The van der Waals surface area contributed by atoms with E-state index < -0.39 is 0 Å². The van der Waals surface area contributed by atoms with E-state index in [1.165, 1.54) is 5.57 Å². The summed E-state index contributed by atoms with van der Waals surface area (Å²) in [6.45, 7) is 11.0. The summed E-state index contributed by atoms with van der Waals surface area (Å²) in [4.78, 5) is 11.8. The molecule has 17 heavy (non-hydrogen) atoms. The highest BCUT2D eigenvalue weighted by Crippen LogP contribution is 2.22. The van der Waals surface area contributed by atoms with E-state index in [1.54, 1.807) is 0 Å². The fourth-order valence-corrected chi connectivity index (χ4v) is 1.82. The second kappa shape index (κ2) is 9.26. The van der Waals surface area contributed by atoms with Gasteiger partial charge < -0.3 is 4.74 Å². The molecule has 0 saturated heterocycles. The molecule has 0 rings (SSSR count). The highest BCUT2D eigenvalue weighted by molar-refractivity contribution is 5.88. The van der Waals surface area contributed by atoms with Crippen molar-refractivity contribution in [1.29, 1.82) is 0 Å². The lowest BCUT2D eigenvalue weighted by Crippen LogP contribution is -2.11. The summed E-state index contributed by atoms with van der Waals surface area (Å²) in [7, 11) is 0. The Morgan fingerprint density at radius 1 is 1.12 bits per heavy atom. The van der Waals surface area contributed by atoms with E-state index in [2.05, 4.69) is 27.7 Å². The first-order chi connectivity index (χ1) is 8.04. The number of hydrogen-bond donors (Lipinski definition) is 0. The fourth-order valence-electron chi connectivity index (χ4n) is 1.82. The van der Waals surface area contributed by atoms with Crippen LogP contribution in [0.25, 0.3) is 0 Å². The van der Waals surface area contributed by atoms with Gasteiger partial charge in [0.05, 0.1) is 6.61 Å². The molecule has 0 aromatic carbocycles. The third kappa shape index (κ3) is 6.50. The van der Waals surface area contributed by atoms with Gasteiger partial charge in [-0.3, -0.25) is 0 Å². The molecule has 0 aliphatic heterocycles. The third-order valence-corrected chi connectivity index (χ3v) is 3.02. The van der Waals surface area contributed by atoms with Gasteiger partial charge in [-0.15, -0.1) is 0 Å². The van der Waals surface area contributed by atoms with Crippen LogP contribution >= 0.6 is 0 Å². The zero-order valence-corrected chi connectivity index (χ0v) is 12.1. The van der Waals surface area contributed by atoms with Crippen molar-refractivity contribution in [3.05, 3.63) is 11.1 Å². The molecule has 0 N–H and O–H groups in total. The van der Waals surface area contributed by atoms with Crippen molar-refractivity contribution in [2.75, 3.05) is 6.61 Å². The summed E-state index contributed by atoms with van der Waals surface area (Å²) in [6.07, 6.45) is 5.33. The zero-order valence-electron chi connectivity index (χ0n) is 12.1. The predicted octanol–water partition coefficient (Wildman–Crippen LogP) is 4.49. The van der Waals surface area contributed by atoms with Crippen molar-refractivity contribution in [3.8, 4) is 0 Å². The summed E-state index contributed by atoms with van der Waals surface area (Å²) in [5, 5.41) is 0. The number of carbonyl (C=O) groups is 1. The summed E-state index contributed by atoms with van der Waals surface area (Å²) < 4.78 is 5.26. The van der Waals surface area contributed by atoms with Crippen LogP contribution in [0, 0.1) is 5.92 Å². The largest absolute Gasteiger partial charge is 0.462 e. The Labute approximate surface area is 106 Å². The molecule has 0 aliphatic carbocycles. The molecule has 0 bridgehead atoms. The van der Waals surface area contributed by atoms with Crippen molar-refractivity contribution in [2.45, 2.75) is 66.7 Å². The minimum Gasteiger partial charge on any atom is -0.462 e. The number of unbranched alkanes of at least 4 members (excludes halogenated alkanes) is 2. The molecule has 0 aliphatic rings. The number of ether oxygens (including phenoxy) is 1. The third-order valence-electron chi connectivity index (χ3n) is 3.02. The summed E-state index contributed by atoms with van der Waals surface area (Å²) in [5.41, 5.74) is 2.08. The van der Waals surface area contributed by atoms with Crippen LogP contribution in [0.15, 0.2) is 11.1 Å². The number of carbonyl (C=O) groups excluding carboxylic acids is 1. The average Bonchev–Trinajstić information content (AvgIpc) is 2.29. The number of allylic oxidation sites excluding steroid dienone is 1. The van der Waals surface area contributed by atoms with Gasteiger partial charge in [0, 0.05) is 5.57 Å². The van der Waals surface area contributed by atoms with E-state index in [0.717, 1.165) is 37.7 Å². The first-order valence-electron chi connectivity index (χ1n) is 6.91. The Morgan fingerprint density at radius 3 is 2.18 bits per heavy atom. The molecule has 0 aromatic heterocycles.